The normalized spacial score (nSPS) is 18.6. The summed E-state index contributed by atoms with van der Waals surface area (Å²) in [5.74, 6) is -0.304. The molecule has 3 rings (SSSR count). The fraction of sp³-hybridized carbons (Fsp3) is 0.381. The number of benzene rings is 2. The zero-order valence-corrected chi connectivity index (χ0v) is 15.9. The highest BCUT2D eigenvalue weighted by atomic mass is 35.5. The summed E-state index contributed by atoms with van der Waals surface area (Å²) in [6, 6.07) is 12.9. The lowest BCUT2D eigenvalue weighted by Gasteiger charge is -2.33. The van der Waals surface area contributed by atoms with Crippen LogP contribution in [0.2, 0.25) is 5.02 Å². The number of ether oxygens (including phenoxy) is 1. The summed E-state index contributed by atoms with van der Waals surface area (Å²) in [5, 5.41) is 11.0. The van der Waals surface area contributed by atoms with E-state index in [-0.39, 0.29) is 0 Å². The van der Waals surface area contributed by atoms with Crippen molar-refractivity contribution in [2.75, 3.05) is 19.6 Å². The van der Waals surface area contributed by atoms with Gasteiger partial charge in [-0.15, -0.1) is 0 Å². The van der Waals surface area contributed by atoms with Gasteiger partial charge >= 0.3 is 5.97 Å². The molecule has 1 aliphatic rings. The zero-order valence-electron chi connectivity index (χ0n) is 15.2. The fourth-order valence-electron chi connectivity index (χ4n) is 3.80. The van der Waals surface area contributed by atoms with Crippen LogP contribution in [-0.4, -0.2) is 35.6 Å². The van der Waals surface area contributed by atoms with Gasteiger partial charge in [-0.1, -0.05) is 55.8 Å². The van der Waals surface area contributed by atoms with Crippen molar-refractivity contribution < 1.29 is 14.6 Å². The first-order valence-corrected chi connectivity index (χ1v) is 9.37. The molecule has 5 heteroatoms. The van der Waals surface area contributed by atoms with Gasteiger partial charge in [-0.3, -0.25) is 4.79 Å². The number of halogens is 1. The van der Waals surface area contributed by atoms with Crippen molar-refractivity contribution in [2.45, 2.75) is 32.3 Å². The minimum absolute atomic E-state index is 0.337. The van der Waals surface area contributed by atoms with Crippen molar-refractivity contribution in [3.63, 3.8) is 0 Å². The smallest absolute Gasteiger partial charge is 0.318 e. The third kappa shape index (κ3) is 3.19. The van der Waals surface area contributed by atoms with Crippen molar-refractivity contribution in [3.05, 3.63) is 64.2 Å². The Kier molecular flexibility index (Phi) is 5.54. The van der Waals surface area contributed by atoms with Crippen LogP contribution in [0.15, 0.2) is 42.5 Å². The molecule has 0 amide bonds. The minimum atomic E-state index is -1.16. The largest absolute Gasteiger partial charge is 0.489 e. The summed E-state index contributed by atoms with van der Waals surface area (Å²) in [6.45, 7) is 6.98. The molecule has 0 saturated heterocycles. The Morgan fingerprint density at radius 3 is 2.62 bits per heavy atom. The average molecular weight is 374 g/mol. The number of aliphatic carboxylic acids is 1. The monoisotopic (exact) mass is 373 g/mol. The van der Waals surface area contributed by atoms with Gasteiger partial charge in [0.2, 0.25) is 0 Å². The molecule has 0 saturated carbocycles. The number of carboxylic acid groups (broad SMARTS) is 1. The molecule has 0 radical (unpaired) electrons. The highest BCUT2D eigenvalue weighted by molar-refractivity contribution is 6.30. The van der Waals surface area contributed by atoms with Gasteiger partial charge in [0.05, 0.1) is 0 Å². The highest BCUT2D eigenvalue weighted by Crippen LogP contribution is 2.45. The van der Waals surface area contributed by atoms with E-state index in [4.69, 9.17) is 16.3 Å². The van der Waals surface area contributed by atoms with E-state index in [0.29, 0.717) is 35.9 Å². The van der Waals surface area contributed by atoms with Crippen LogP contribution in [0.3, 0.4) is 0 Å². The zero-order chi connectivity index (χ0) is 18.7. The number of fused-ring (bicyclic) bond motifs is 2. The van der Waals surface area contributed by atoms with Gasteiger partial charge in [0.1, 0.15) is 17.8 Å². The molecule has 4 nitrogen and oxygen atoms in total. The Hall–Kier alpha value is -2.04. The van der Waals surface area contributed by atoms with Crippen molar-refractivity contribution in [2.24, 2.45) is 0 Å². The Balaban J connectivity index is 2.21. The van der Waals surface area contributed by atoms with Crippen LogP contribution in [0.4, 0.5) is 0 Å². The average Bonchev–Trinajstić information content (AvgIpc) is 2.78. The van der Waals surface area contributed by atoms with Gasteiger partial charge in [0, 0.05) is 10.6 Å². The lowest BCUT2D eigenvalue weighted by molar-refractivity contribution is -0.142. The standard InChI is InChI=1S/C21H24ClNO3/c1-3-23(4-2)12-11-21(20(24)25)17-8-6-5-7-15(17)14-26-19-13-16(22)9-10-18(19)21/h5-10,13H,3-4,11-12,14H2,1-2H3,(H,24,25). The Morgan fingerprint density at radius 2 is 1.92 bits per heavy atom. The van der Waals surface area contributed by atoms with Crippen molar-refractivity contribution in [1.29, 1.82) is 0 Å². The van der Waals surface area contributed by atoms with Crippen LogP contribution in [0, 0.1) is 0 Å². The second-order valence-electron chi connectivity index (χ2n) is 6.57. The molecular weight excluding hydrogens is 350 g/mol. The van der Waals surface area contributed by atoms with Gasteiger partial charge < -0.3 is 14.7 Å². The van der Waals surface area contributed by atoms with Crippen LogP contribution < -0.4 is 4.74 Å². The Labute approximate surface area is 159 Å². The topological polar surface area (TPSA) is 49.8 Å². The molecule has 1 unspecified atom stereocenters. The van der Waals surface area contributed by atoms with E-state index in [0.717, 1.165) is 24.2 Å². The maximum absolute atomic E-state index is 12.7. The molecule has 1 aliphatic heterocycles. The maximum Gasteiger partial charge on any atom is 0.318 e. The number of nitrogens with zero attached hydrogens (tertiary/aromatic N) is 1. The third-order valence-corrected chi connectivity index (χ3v) is 5.56. The molecule has 0 aromatic heterocycles. The van der Waals surface area contributed by atoms with Crippen LogP contribution in [0.1, 0.15) is 37.0 Å². The summed E-state index contributed by atoms with van der Waals surface area (Å²) in [6.07, 6.45) is 0.471. The first-order chi connectivity index (χ1) is 12.5. The summed E-state index contributed by atoms with van der Waals surface area (Å²) in [7, 11) is 0. The molecular formula is C21H24ClNO3. The van der Waals surface area contributed by atoms with Gasteiger partial charge in [-0.25, -0.2) is 0 Å². The number of rotatable bonds is 6. The van der Waals surface area contributed by atoms with Crippen LogP contribution in [0.25, 0.3) is 0 Å². The van der Waals surface area contributed by atoms with Gasteiger partial charge in [-0.2, -0.15) is 0 Å². The van der Waals surface area contributed by atoms with E-state index in [1.807, 2.05) is 24.3 Å². The summed E-state index contributed by atoms with van der Waals surface area (Å²) in [5.41, 5.74) is 1.23. The van der Waals surface area contributed by atoms with Crippen molar-refractivity contribution >= 4 is 17.6 Å². The predicted molar refractivity (Wildman–Crippen MR) is 103 cm³/mol. The number of hydrogen-bond acceptors (Lipinski definition) is 3. The molecule has 138 valence electrons. The second kappa shape index (κ2) is 7.68. The quantitative estimate of drug-likeness (QED) is 0.818. The molecule has 0 spiro atoms. The Morgan fingerprint density at radius 1 is 1.19 bits per heavy atom. The molecule has 1 heterocycles. The molecule has 0 fully saturated rings. The Bertz CT molecular complexity index is 804. The van der Waals surface area contributed by atoms with Crippen LogP contribution in [0.5, 0.6) is 5.75 Å². The molecule has 0 aliphatic carbocycles. The van der Waals surface area contributed by atoms with E-state index in [2.05, 4.69) is 18.7 Å². The van der Waals surface area contributed by atoms with E-state index in [1.165, 1.54) is 0 Å². The van der Waals surface area contributed by atoms with E-state index >= 15 is 0 Å². The molecule has 1 N–H and O–H groups in total. The van der Waals surface area contributed by atoms with E-state index in [1.54, 1.807) is 18.2 Å². The fourth-order valence-corrected chi connectivity index (χ4v) is 3.97. The lowest BCUT2D eigenvalue weighted by Crippen LogP contribution is -2.41. The summed E-state index contributed by atoms with van der Waals surface area (Å²) in [4.78, 5) is 15.0. The molecule has 2 aromatic rings. The first kappa shape index (κ1) is 18.7. The second-order valence-corrected chi connectivity index (χ2v) is 7.01. The summed E-state index contributed by atoms with van der Waals surface area (Å²) >= 11 is 6.15. The van der Waals surface area contributed by atoms with Crippen molar-refractivity contribution in [1.82, 2.24) is 4.90 Å². The SMILES string of the molecule is CCN(CC)CCC1(C(=O)O)c2ccccc2COc2cc(Cl)ccc21. The minimum Gasteiger partial charge on any atom is -0.489 e. The van der Waals surface area contributed by atoms with Crippen LogP contribution >= 0.6 is 11.6 Å². The van der Waals surface area contributed by atoms with Crippen molar-refractivity contribution in [3.8, 4) is 5.75 Å². The van der Waals surface area contributed by atoms with Gasteiger partial charge in [0.15, 0.2) is 0 Å². The van der Waals surface area contributed by atoms with Gasteiger partial charge in [0.25, 0.3) is 0 Å². The summed E-state index contributed by atoms with van der Waals surface area (Å²) < 4.78 is 5.96. The molecule has 1 atom stereocenters. The number of carbonyl (C=O) groups is 1. The highest BCUT2D eigenvalue weighted by Gasteiger charge is 2.46. The number of hydrogen-bond donors (Lipinski definition) is 1. The van der Waals surface area contributed by atoms with Crippen LogP contribution in [-0.2, 0) is 16.8 Å². The number of carboxylic acids is 1. The predicted octanol–water partition coefficient (Wildman–Crippen LogP) is 4.34. The third-order valence-electron chi connectivity index (χ3n) is 5.33. The van der Waals surface area contributed by atoms with E-state index in [9.17, 15) is 9.90 Å². The maximum atomic E-state index is 12.7. The molecule has 0 bridgehead atoms. The van der Waals surface area contributed by atoms with E-state index < -0.39 is 11.4 Å². The first-order valence-electron chi connectivity index (χ1n) is 8.99. The lowest BCUT2D eigenvalue weighted by atomic mass is 9.70. The molecule has 2 aromatic carbocycles. The molecule has 26 heavy (non-hydrogen) atoms. The van der Waals surface area contributed by atoms with Gasteiger partial charge in [-0.05, 0) is 49.3 Å².